The van der Waals surface area contributed by atoms with E-state index in [4.69, 9.17) is 5.11 Å². The molecule has 0 aromatic carbocycles. The van der Waals surface area contributed by atoms with Crippen LogP contribution in [0, 0.1) is 5.41 Å². The Hall–Kier alpha value is -1.27. The molecule has 98 valence electrons. The van der Waals surface area contributed by atoms with E-state index >= 15 is 0 Å². The summed E-state index contributed by atoms with van der Waals surface area (Å²) in [7, 11) is 0. The van der Waals surface area contributed by atoms with Crippen molar-refractivity contribution in [2.24, 2.45) is 5.41 Å². The van der Waals surface area contributed by atoms with Gasteiger partial charge in [-0.3, -0.25) is 4.79 Å². The van der Waals surface area contributed by atoms with E-state index in [0.29, 0.717) is 12.8 Å². The van der Waals surface area contributed by atoms with Gasteiger partial charge in [0.2, 0.25) is 5.91 Å². The summed E-state index contributed by atoms with van der Waals surface area (Å²) in [4.78, 5) is 22.2. The van der Waals surface area contributed by atoms with E-state index in [9.17, 15) is 22.8 Å². The Bertz CT molecular complexity index is 323. The minimum atomic E-state index is -4.61. The van der Waals surface area contributed by atoms with Gasteiger partial charge in [0, 0.05) is 5.41 Å². The van der Waals surface area contributed by atoms with Crippen molar-refractivity contribution in [3.63, 3.8) is 0 Å². The normalized spacial score (nSPS) is 20.2. The number of nitrogens with one attached hydrogen (secondary N) is 1. The highest BCUT2D eigenvalue weighted by Gasteiger charge is 2.43. The summed E-state index contributed by atoms with van der Waals surface area (Å²) in [5.74, 6) is -2.28. The van der Waals surface area contributed by atoms with Crippen molar-refractivity contribution in [3.05, 3.63) is 0 Å². The van der Waals surface area contributed by atoms with E-state index < -0.39 is 35.9 Å². The van der Waals surface area contributed by atoms with Crippen molar-refractivity contribution in [2.75, 3.05) is 0 Å². The Morgan fingerprint density at radius 2 is 1.94 bits per heavy atom. The molecule has 0 spiro atoms. The number of carboxylic acids is 1. The van der Waals surface area contributed by atoms with Gasteiger partial charge in [-0.2, -0.15) is 13.2 Å². The standard InChI is InChI=1S/C10H14F3NO3/c1-9(3-2-4-9)8(17)14-6(7(15)16)5-10(11,12)13/h6H,2-5H2,1H3,(H,14,17)(H,15,16). The Kier molecular flexibility index (Phi) is 3.68. The van der Waals surface area contributed by atoms with E-state index in [2.05, 4.69) is 0 Å². The van der Waals surface area contributed by atoms with Crippen LogP contribution >= 0.6 is 0 Å². The van der Waals surface area contributed by atoms with Gasteiger partial charge in [-0.15, -0.1) is 0 Å². The summed E-state index contributed by atoms with van der Waals surface area (Å²) in [5.41, 5.74) is -0.709. The highest BCUT2D eigenvalue weighted by atomic mass is 19.4. The molecule has 7 heteroatoms. The SMILES string of the molecule is CC1(C(=O)NC(CC(F)(F)F)C(=O)O)CCC1. The molecule has 1 rings (SSSR count). The lowest BCUT2D eigenvalue weighted by atomic mass is 9.69. The molecule has 1 unspecified atom stereocenters. The van der Waals surface area contributed by atoms with E-state index in [-0.39, 0.29) is 0 Å². The number of rotatable bonds is 4. The van der Waals surface area contributed by atoms with Crippen LogP contribution in [-0.2, 0) is 9.59 Å². The van der Waals surface area contributed by atoms with E-state index in [1.54, 1.807) is 6.92 Å². The third kappa shape index (κ3) is 3.61. The fourth-order valence-electron chi connectivity index (χ4n) is 1.70. The topological polar surface area (TPSA) is 66.4 Å². The Morgan fingerprint density at radius 1 is 1.41 bits per heavy atom. The number of carbonyl (C=O) groups excluding carboxylic acids is 1. The largest absolute Gasteiger partial charge is 0.480 e. The zero-order chi connectivity index (χ0) is 13.3. The summed E-state index contributed by atoms with van der Waals surface area (Å²) in [5, 5.41) is 10.6. The second-order valence-electron chi connectivity index (χ2n) is 4.60. The van der Waals surface area contributed by atoms with Crippen molar-refractivity contribution < 1.29 is 27.9 Å². The van der Waals surface area contributed by atoms with Crippen LogP contribution in [0.2, 0.25) is 0 Å². The van der Waals surface area contributed by atoms with Crippen molar-refractivity contribution in [1.82, 2.24) is 5.32 Å². The molecule has 1 saturated carbocycles. The zero-order valence-electron chi connectivity index (χ0n) is 9.30. The Balaban J connectivity index is 2.61. The van der Waals surface area contributed by atoms with Gasteiger partial charge >= 0.3 is 12.1 Å². The number of amides is 1. The number of hydrogen-bond donors (Lipinski definition) is 2. The Labute approximate surface area is 96.2 Å². The summed E-state index contributed by atoms with van der Waals surface area (Å²) in [6.07, 6.45) is -4.17. The third-order valence-corrected chi connectivity index (χ3v) is 3.04. The van der Waals surface area contributed by atoms with Crippen LogP contribution in [0.25, 0.3) is 0 Å². The van der Waals surface area contributed by atoms with Gasteiger partial charge in [0.15, 0.2) is 0 Å². The van der Waals surface area contributed by atoms with Crippen LogP contribution in [0.1, 0.15) is 32.6 Å². The minimum absolute atomic E-state index is 0.581. The monoisotopic (exact) mass is 253 g/mol. The van der Waals surface area contributed by atoms with Gasteiger partial charge in [-0.1, -0.05) is 13.3 Å². The van der Waals surface area contributed by atoms with Crippen LogP contribution in [0.15, 0.2) is 0 Å². The van der Waals surface area contributed by atoms with Gasteiger partial charge in [-0.25, -0.2) is 4.79 Å². The van der Waals surface area contributed by atoms with Crippen molar-refractivity contribution in [3.8, 4) is 0 Å². The summed E-state index contributed by atoms with van der Waals surface area (Å²) in [6, 6.07) is -1.90. The first-order valence-corrected chi connectivity index (χ1v) is 5.25. The zero-order valence-corrected chi connectivity index (χ0v) is 9.30. The van der Waals surface area contributed by atoms with E-state index in [1.165, 1.54) is 0 Å². The molecule has 1 amide bonds. The molecule has 0 aromatic heterocycles. The molecule has 0 radical (unpaired) electrons. The first-order valence-electron chi connectivity index (χ1n) is 5.25. The summed E-state index contributed by atoms with van der Waals surface area (Å²) in [6.45, 7) is 1.62. The molecule has 1 atom stereocenters. The number of halogens is 3. The van der Waals surface area contributed by atoms with E-state index in [1.807, 2.05) is 5.32 Å². The molecular weight excluding hydrogens is 239 g/mol. The maximum absolute atomic E-state index is 12.1. The average Bonchev–Trinajstić information content (AvgIpc) is 2.10. The first kappa shape index (κ1) is 13.8. The molecule has 1 aliphatic rings. The third-order valence-electron chi connectivity index (χ3n) is 3.04. The van der Waals surface area contributed by atoms with Crippen molar-refractivity contribution >= 4 is 11.9 Å². The number of carbonyl (C=O) groups is 2. The van der Waals surface area contributed by atoms with Crippen molar-refractivity contribution in [1.29, 1.82) is 0 Å². The fraction of sp³-hybridized carbons (Fsp3) is 0.800. The molecule has 0 heterocycles. The molecular formula is C10H14F3NO3. The molecule has 1 aliphatic carbocycles. The molecule has 0 aromatic rings. The molecule has 0 bridgehead atoms. The van der Waals surface area contributed by atoms with Crippen LogP contribution in [0.5, 0.6) is 0 Å². The number of carboxylic acid groups (broad SMARTS) is 1. The quantitative estimate of drug-likeness (QED) is 0.801. The first-order chi connectivity index (χ1) is 7.64. The predicted molar refractivity (Wildman–Crippen MR) is 52.2 cm³/mol. The van der Waals surface area contributed by atoms with Gasteiger partial charge in [0.05, 0.1) is 6.42 Å². The average molecular weight is 253 g/mol. The lowest BCUT2D eigenvalue weighted by molar-refractivity contribution is -0.161. The smallest absolute Gasteiger partial charge is 0.391 e. The maximum Gasteiger partial charge on any atom is 0.391 e. The summed E-state index contributed by atoms with van der Waals surface area (Å²) < 4.78 is 36.3. The number of hydrogen-bond acceptors (Lipinski definition) is 2. The molecule has 1 fully saturated rings. The van der Waals surface area contributed by atoms with Gasteiger partial charge in [0.25, 0.3) is 0 Å². The van der Waals surface area contributed by atoms with Gasteiger partial charge in [-0.05, 0) is 12.8 Å². The van der Waals surface area contributed by atoms with Gasteiger partial charge in [0.1, 0.15) is 6.04 Å². The molecule has 0 saturated heterocycles. The predicted octanol–water partition coefficient (Wildman–Crippen LogP) is 1.70. The molecule has 0 aliphatic heterocycles. The lowest BCUT2D eigenvalue weighted by Gasteiger charge is -2.37. The molecule has 4 nitrogen and oxygen atoms in total. The second-order valence-corrected chi connectivity index (χ2v) is 4.60. The minimum Gasteiger partial charge on any atom is -0.480 e. The molecule has 17 heavy (non-hydrogen) atoms. The van der Waals surface area contributed by atoms with Crippen LogP contribution in [-0.4, -0.2) is 29.2 Å². The van der Waals surface area contributed by atoms with Crippen LogP contribution in [0.3, 0.4) is 0 Å². The number of aliphatic carboxylic acids is 1. The van der Waals surface area contributed by atoms with Crippen molar-refractivity contribution in [2.45, 2.75) is 44.8 Å². The summed E-state index contributed by atoms with van der Waals surface area (Å²) >= 11 is 0. The van der Waals surface area contributed by atoms with Gasteiger partial charge < -0.3 is 10.4 Å². The molecule has 2 N–H and O–H groups in total. The second kappa shape index (κ2) is 4.54. The Morgan fingerprint density at radius 3 is 2.24 bits per heavy atom. The van der Waals surface area contributed by atoms with Crippen LogP contribution < -0.4 is 5.32 Å². The lowest BCUT2D eigenvalue weighted by Crippen LogP contribution is -2.51. The maximum atomic E-state index is 12.1. The van der Waals surface area contributed by atoms with Crippen LogP contribution in [0.4, 0.5) is 13.2 Å². The number of alkyl halides is 3. The highest BCUT2D eigenvalue weighted by molar-refractivity contribution is 5.87. The van der Waals surface area contributed by atoms with E-state index in [0.717, 1.165) is 6.42 Å². The highest BCUT2D eigenvalue weighted by Crippen LogP contribution is 2.40. The fourth-order valence-corrected chi connectivity index (χ4v) is 1.70.